The van der Waals surface area contributed by atoms with Crippen molar-refractivity contribution in [3.05, 3.63) is 115 Å². The average Bonchev–Trinajstić information content (AvgIpc) is 3.65. The molecule has 3 heterocycles. The number of H-pyrrole nitrogens is 1. The summed E-state index contributed by atoms with van der Waals surface area (Å²) in [6.07, 6.45) is 2.06. The van der Waals surface area contributed by atoms with Crippen LogP contribution in [0.5, 0.6) is 0 Å². The van der Waals surface area contributed by atoms with Crippen molar-refractivity contribution >= 4 is 11.3 Å². The zero-order valence-electron chi connectivity index (χ0n) is 17.7. The minimum atomic E-state index is 0.804. The van der Waals surface area contributed by atoms with Gasteiger partial charge in [-0.05, 0) is 23.6 Å². The Morgan fingerprint density at radius 1 is 0.667 bits per heavy atom. The number of aromatic nitrogens is 4. The van der Waals surface area contributed by atoms with Crippen LogP contribution in [0.25, 0.3) is 50.2 Å². The zero-order chi connectivity index (χ0) is 22.0. The molecule has 0 unspecified atom stereocenters. The molecule has 6 rings (SSSR count). The summed E-state index contributed by atoms with van der Waals surface area (Å²) in [5, 5.41) is 7.03. The summed E-state index contributed by atoms with van der Waals surface area (Å²) in [6.45, 7) is 0. The topological polar surface area (TPSA) is 46.5 Å². The lowest BCUT2D eigenvalue weighted by atomic mass is 10.1. The minimum absolute atomic E-state index is 0.804. The number of nitrogens with zero attached hydrogens (tertiary/aromatic N) is 3. The fourth-order valence-corrected chi connectivity index (χ4v) is 4.70. The van der Waals surface area contributed by atoms with Crippen LogP contribution in [0, 0.1) is 0 Å². The number of imidazole rings is 1. The molecular formula is C28H20N4S. The quantitative estimate of drug-likeness (QED) is 0.303. The van der Waals surface area contributed by atoms with E-state index < -0.39 is 0 Å². The number of aromatic amines is 1. The Hall–Kier alpha value is -4.22. The molecule has 3 aromatic carbocycles. The van der Waals surface area contributed by atoms with E-state index in [0.717, 1.165) is 50.2 Å². The monoisotopic (exact) mass is 444 g/mol. The van der Waals surface area contributed by atoms with Crippen molar-refractivity contribution in [2.45, 2.75) is 0 Å². The molecule has 0 amide bonds. The maximum Gasteiger partial charge on any atom is 0.142 e. The van der Waals surface area contributed by atoms with Crippen molar-refractivity contribution in [2.24, 2.45) is 0 Å². The second-order valence-corrected chi connectivity index (χ2v) is 8.64. The summed E-state index contributed by atoms with van der Waals surface area (Å²) in [6, 6.07) is 35.0. The van der Waals surface area contributed by atoms with Crippen LogP contribution in [-0.4, -0.2) is 19.7 Å². The summed E-state index contributed by atoms with van der Waals surface area (Å²) in [5.74, 6) is 0.804. The predicted molar refractivity (Wildman–Crippen MR) is 135 cm³/mol. The molecule has 0 radical (unpaired) electrons. The molecule has 6 aromatic rings. The van der Waals surface area contributed by atoms with Gasteiger partial charge in [-0.15, -0.1) is 11.3 Å². The van der Waals surface area contributed by atoms with Crippen LogP contribution in [0.1, 0.15) is 0 Å². The van der Waals surface area contributed by atoms with Gasteiger partial charge in [-0.25, -0.2) is 9.67 Å². The van der Waals surface area contributed by atoms with E-state index in [2.05, 4.69) is 77.2 Å². The maximum atomic E-state index is 5.10. The van der Waals surface area contributed by atoms with Gasteiger partial charge < -0.3 is 4.98 Å². The molecule has 0 aliphatic heterocycles. The highest BCUT2D eigenvalue weighted by atomic mass is 32.1. The molecular weight excluding hydrogens is 424 g/mol. The van der Waals surface area contributed by atoms with Gasteiger partial charge in [0.25, 0.3) is 0 Å². The molecule has 0 fully saturated rings. The highest BCUT2D eigenvalue weighted by Gasteiger charge is 2.21. The number of rotatable bonds is 5. The second-order valence-electron chi connectivity index (χ2n) is 7.69. The van der Waals surface area contributed by atoms with Crippen LogP contribution < -0.4 is 0 Å². The molecule has 0 atom stereocenters. The number of thiophene rings is 1. The maximum absolute atomic E-state index is 5.10. The molecule has 158 valence electrons. The lowest BCUT2D eigenvalue weighted by Gasteiger charge is -2.02. The van der Waals surface area contributed by atoms with Crippen LogP contribution >= 0.6 is 11.3 Å². The van der Waals surface area contributed by atoms with Crippen LogP contribution in [0.4, 0.5) is 0 Å². The molecule has 5 heteroatoms. The summed E-state index contributed by atoms with van der Waals surface area (Å²) < 4.78 is 1.93. The van der Waals surface area contributed by atoms with E-state index in [0.29, 0.717) is 0 Å². The van der Waals surface area contributed by atoms with Gasteiger partial charge >= 0.3 is 0 Å². The third-order valence-corrected chi connectivity index (χ3v) is 6.43. The Balaban J connectivity index is 1.57. The number of para-hydroxylation sites is 1. The summed E-state index contributed by atoms with van der Waals surface area (Å²) in [4.78, 5) is 9.83. The van der Waals surface area contributed by atoms with Gasteiger partial charge in [0.05, 0.1) is 27.5 Å². The van der Waals surface area contributed by atoms with Crippen LogP contribution in [0.2, 0.25) is 0 Å². The van der Waals surface area contributed by atoms with Crippen molar-refractivity contribution in [2.75, 3.05) is 0 Å². The molecule has 0 spiro atoms. The molecule has 1 N–H and O–H groups in total. The van der Waals surface area contributed by atoms with Gasteiger partial charge in [-0.1, -0.05) is 84.9 Å². The van der Waals surface area contributed by atoms with E-state index >= 15 is 0 Å². The van der Waals surface area contributed by atoms with Crippen molar-refractivity contribution in [3.63, 3.8) is 0 Å². The van der Waals surface area contributed by atoms with Crippen molar-refractivity contribution in [1.29, 1.82) is 0 Å². The van der Waals surface area contributed by atoms with Gasteiger partial charge in [0, 0.05) is 17.3 Å². The van der Waals surface area contributed by atoms with E-state index in [1.807, 2.05) is 47.1 Å². The molecule has 33 heavy (non-hydrogen) atoms. The lowest BCUT2D eigenvalue weighted by molar-refractivity contribution is 0.885. The molecule has 0 saturated carbocycles. The summed E-state index contributed by atoms with van der Waals surface area (Å²) in [7, 11) is 0. The van der Waals surface area contributed by atoms with Crippen LogP contribution in [-0.2, 0) is 0 Å². The van der Waals surface area contributed by atoms with Gasteiger partial charge in [-0.2, -0.15) is 5.10 Å². The standard InChI is InChI=1S/C28H20N4S/c1-4-11-20(12-5-1)25-26(21-13-6-2-7-14-21)30-28(29-25)23-19-32(22-15-8-3-9-16-22)31-27(23)24-17-10-18-33-24/h1-19H,(H,29,30). The van der Waals surface area contributed by atoms with E-state index in [4.69, 9.17) is 10.1 Å². The van der Waals surface area contributed by atoms with E-state index in [1.54, 1.807) is 11.3 Å². The Kier molecular flexibility index (Phi) is 4.94. The van der Waals surface area contributed by atoms with Gasteiger partial charge in [-0.3, -0.25) is 0 Å². The van der Waals surface area contributed by atoms with E-state index in [1.165, 1.54) is 0 Å². The summed E-state index contributed by atoms with van der Waals surface area (Å²) >= 11 is 1.68. The molecule has 4 nitrogen and oxygen atoms in total. The largest absolute Gasteiger partial charge is 0.337 e. The fraction of sp³-hybridized carbons (Fsp3) is 0. The Morgan fingerprint density at radius 3 is 2.00 bits per heavy atom. The third-order valence-electron chi connectivity index (χ3n) is 5.56. The summed E-state index contributed by atoms with van der Waals surface area (Å²) in [5.41, 5.74) is 7.01. The van der Waals surface area contributed by atoms with E-state index in [9.17, 15) is 0 Å². The second kappa shape index (κ2) is 8.37. The molecule has 0 bridgehead atoms. The number of hydrogen-bond acceptors (Lipinski definition) is 3. The Morgan fingerprint density at radius 2 is 1.33 bits per heavy atom. The molecule has 3 aromatic heterocycles. The fourth-order valence-electron chi connectivity index (χ4n) is 3.97. The van der Waals surface area contributed by atoms with Gasteiger partial charge in [0.2, 0.25) is 0 Å². The number of nitrogens with one attached hydrogen (secondary N) is 1. The van der Waals surface area contributed by atoms with Crippen molar-refractivity contribution < 1.29 is 0 Å². The smallest absolute Gasteiger partial charge is 0.142 e. The molecule has 0 aliphatic rings. The van der Waals surface area contributed by atoms with Crippen LogP contribution in [0.15, 0.2) is 115 Å². The first-order valence-electron chi connectivity index (χ1n) is 10.8. The van der Waals surface area contributed by atoms with Gasteiger partial charge in [0.1, 0.15) is 11.5 Å². The normalized spacial score (nSPS) is 11.0. The van der Waals surface area contributed by atoms with Crippen molar-refractivity contribution in [1.82, 2.24) is 19.7 Å². The first-order chi connectivity index (χ1) is 16.4. The first kappa shape index (κ1) is 19.5. The van der Waals surface area contributed by atoms with E-state index in [-0.39, 0.29) is 0 Å². The SMILES string of the molecule is c1ccc(-c2nc(-c3cn(-c4ccccc4)nc3-c3cccs3)[nH]c2-c2ccccc2)cc1. The predicted octanol–water partition coefficient (Wildman–Crippen LogP) is 7.32. The number of benzene rings is 3. The first-order valence-corrected chi connectivity index (χ1v) is 11.6. The van der Waals surface area contributed by atoms with Crippen LogP contribution in [0.3, 0.4) is 0 Å². The Labute approximate surface area is 195 Å². The zero-order valence-corrected chi connectivity index (χ0v) is 18.5. The van der Waals surface area contributed by atoms with Gasteiger partial charge in [0.15, 0.2) is 0 Å². The number of hydrogen-bond donors (Lipinski definition) is 1. The van der Waals surface area contributed by atoms with Crippen molar-refractivity contribution in [3.8, 4) is 50.2 Å². The molecule has 0 saturated heterocycles. The highest BCUT2D eigenvalue weighted by molar-refractivity contribution is 7.13. The minimum Gasteiger partial charge on any atom is -0.337 e. The Bertz CT molecular complexity index is 1430. The lowest BCUT2D eigenvalue weighted by Crippen LogP contribution is -1.93. The highest BCUT2D eigenvalue weighted by Crippen LogP contribution is 2.37. The third kappa shape index (κ3) is 3.69. The molecule has 0 aliphatic carbocycles. The average molecular weight is 445 g/mol.